The minimum Gasteiger partial charge on any atom is -0.508 e. The van der Waals surface area contributed by atoms with Crippen LogP contribution in [0.2, 0.25) is 0 Å². The minimum absolute atomic E-state index is 0. The third-order valence-electron chi connectivity index (χ3n) is 2.10. The highest BCUT2D eigenvalue weighted by Crippen LogP contribution is 2.02. The zero-order valence-electron chi connectivity index (χ0n) is 9.90. The average Bonchev–Trinajstić information content (AvgIpc) is 2.22. The van der Waals surface area contributed by atoms with Gasteiger partial charge in [-0.2, -0.15) is 0 Å². The Kier molecular flexibility index (Phi) is 12.0. The van der Waals surface area contributed by atoms with E-state index in [1.54, 1.807) is 24.3 Å². The summed E-state index contributed by atoms with van der Waals surface area (Å²) in [5.74, 6) is 0.322. The standard InChI is InChI=1S/C6H15N.C6H6O.H2O/c1-4-7(5-2)6-3;7-6-4-2-1-3-5-6;/h4-6H2,1-3H3;1-5,7H;1H2. The van der Waals surface area contributed by atoms with Gasteiger partial charge in [0.1, 0.15) is 5.75 Å². The molecule has 0 saturated carbocycles. The van der Waals surface area contributed by atoms with Crippen molar-refractivity contribution in [3.63, 3.8) is 0 Å². The lowest BCUT2D eigenvalue weighted by Crippen LogP contribution is -2.21. The van der Waals surface area contributed by atoms with Crippen molar-refractivity contribution in [1.82, 2.24) is 4.90 Å². The Bertz CT molecular complexity index is 205. The van der Waals surface area contributed by atoms with Crippen LogP contribution in [0.25, 0.3) is 0 Å². The molecule has 3 N–H and O–H groups in total. The second kappa shape index (κ2) is 11.0. The first-order valence-corrected chi connectivity index (χ1v) is 5.20. The Labute approximate surface area is 92.7 Å². The van der Waals surface area contributed by atoms with E-state index in [1.165, 1.54) is 19.6 Å². The first kappa shape index (κ1) is 16.4. The van der Waals surface area contributed by atoms with Gasteiger partial charge in [0.05, 0.1) is 0 Å². The van der Waals surface area contributed by atoms with Crippen LogP contribution in [-0.4, -0.2) is 35.1 Å². The highest BCUT2D eigenvalue weighted by molar-refractivity contribution is 5.18. The third kappa shape index (κ3) is 9.25. The summed E-state index contributed by atoms with van der Waals surface area (Å²) in [4.78, 5) is 2.38. The molecule has 0 unspecified atom stereocenters. The molecule has 0 saturated heterocycles. The van der Waals surface area contributed by atoms with Gasteiger partial charge in [-0.05, 0) is 31.8 Å². The van der Waals surface area contributed by atoms with Gasteiger partial charge in [-0.3, -0.25) is 0 Å². The largest absolute Gasteiger partial charge is 0.508 e. The monoisotopic (exact) mass is 213 g/mol. The average molecular weight is 213 g/mol. The lowest BCUT2D eigenvalue weighted by molar-refractivity contribution is 0.321. The lowest BCUT2D eigenvalue weighted by atomic mass is 10.3. The predicted molar refractivity (Wildman–Crippen MR) is 65.2 cm³/mol. The molecular weight excluding hydrogens is 190 g/mol. The number of phenols is 1. The van der Waals surface area contributed by atoms with Gasteiger partial charge in [-0.15, -0.1) is 0 Å². The highest BCUT2D eigenvalue weighted by Gasteiger charge is 1.89. The fourth-order valence-electron chi connectivity index (χ4n) is 1.10. The molecule has 0 spiro atoms. The van der Waals surface area contributed by atoms with Gasteiger partial charge in [-0.25, -0.2) is 0 Å². The molecule has 0 fully saturated rings. The molecule has 0 aromatic heterocycles. The number of hydrogen-bond acceptors (Lipinski definition) is 2. The number of benzene rings is 1. The molecule has 1 aromatic carbocycles. The van der Waals surface area contributed by atoms with Crippen molar-refractivity contribution in [2.24, 2.45) is 0 Å². The summed E-state index contributed by atoms with van der Waals surface area (Å²) in [6, 6.07) is 8.71. The zero-order chi connectivity index (χ0) is 10.8. The van der Waals surface area contributed by atoms with E-state index in [4.69, 9.17) is 5.11 Å². The van der Waals surface area contributed by atoms with Crippen molar-refractivity contribution >= 4 is 0 Å². The number of para-hydroxylation sites is 1. The Morgan fingerprint density at radius 1 is 0.933 bits per heavy atom. The summed E-state index contributed by atoms with van der Waals surface area (Å²) in [5, 5.41) is 8.63. The van der Waals surface area contributed by atoms with Gasteiger partial charge in [0, 0.05) is 0 Å². The summed E-state index contributed by atoms with van der Waals surface area (Å²) < 4.78 is 0. The number of phenolic OH excluding ortho intramolecular Hbond substituents is 1. The molecule has 0 heterocycles. The van der Waals surface area contributed by atoms with Crippen LogP contribution >= 0.6 is 0 Å². The van der Waals surface area contributed by atoms with Crippen LogP contribution in [0, 0.1) is 0 Å². The Morgan fingerprint density at radius 3 is 1.47 bits per heavy atom. The second-order valence-electron chi connectivity index (χ2n) is 2.96. The molecule has 0 aliphatic carbocycles. The smallest absolute Gasteiger partial charge is 0.115 e. The van der Waals surface area contributed by atoms with Gasteiger partial charge in [0.25, 0.3) is 0 Å². The van der Waals surface area contributed by atoms with Crippen molar-refractivity contribution in [2.75, 3.05) is 19.6 Å². The molecule has 0 aliphatic heterocycles. The quantitative estimate of drug-likeness (QED) is 0.834. The number of rotatable bonds is 3. The topological polar surface area (TPSA) is 55.0 Å². The minimum atomic E-state index is 0. The van der Waals surface area contributed by atoms with Crippen LogP contribution in [0.4, 0.5) is 0 Å². The first-order chi connectivity index (χ1) is 6.74. The van der Waals surface area contributed by atoms with Gasteiger partial charge in [-0.1, -0.05) is 39.0 Å². The maximum Gasteiger partial charge on any atom is 0.115 e. The fraction of sp³-hybridized carbons (Fsp3) is 0.500. The summed E-state index contributed by atoms with van der Waals surface area (Å²) >= 11 is 0. The molecule has 1 rings (SSSR count). The molecule has 0 amide bonds. The Morgan fingerprint density at radius 2 is 1.33 bits per heavy atom. The van der Waals surface area contributed by atoms with E-state index in [9.17, 15) is 0 Å². The number of aromatic hydroxyl groups is 1. The fourth-order valence-corrected chi connectivity index (χ4v) is 1.10. The molecule has 1 aromatic rings. The maximum absolute atomic E-state index is 8.63. The van der Waals surface area contributed by atoms with Gasteiger partial charge >= 0.3 is 0 Å². The van der Waals surface area contributed by atoms with E-state index in [1.807, 2.05) is 6.07 Å². The molecule has 3 heteroatoms. The van der Waals surface area contributed by atoms with Crippen LogP contribution in [0.15, 0.2) is 30.3 Å². The molecule has 88 valence electrons. The molecule has 0 radical (unpaired) electrons. The van der Waals surface area contributed by atoms with Gasteiger partial charge in [0.15, 0.2) is 0 Å². The Hall–Kier alpha value is -1.06. The SMILES string of the molecule is CCN(CC)CC.O.Oc1ccccc1. The molecule has 3 nitrogen and oxygen atoms in total. The van der Waals surface area contributed by atoms with E-state index in [0.717, 1.165) is 0 Å². The number of hydrogen-bond donors (Lipinski definition) is 1. The van der Waals surface area contributed by atoms with E-state index in [2.05, 4.69) is 25.7 Å². The van der Waals surface area contributed by atoms with Crippen molar-refractivity contribution in [3.05, 3.63) is 30.3 Å². The molecule has 0 atom stereocenters. The van der Waals surface area contributed by atoms with E-state index in [-0.39, 0.29) is 5.48 Å². The summed E-state index contributed by atoms with van der Waals surface area (Å²) in [5.41, 5.74) is 0. The first-order valence-electron chi connectivity index (χ1n) is 5.20. The van der Waals surface area contributed by atoms with Crippen molar-refractivity contribution in [1.29, 1.82) is 0 Å². The van der Waals surface area contributed by atoms with Crippen LogP contribution < -0.4 is 0 Å². The predicted octanol–water partition coefficient (Wildman–Crippen LogP) is 1.92. The van der Waals surface area contributed by atoms with Gasteiger partial charge < -0.3 is 15.5 Å². The lowest BCUT2D eigenvalue weighted by Gasteiger charge is -2.13. The highest BCUT2D eigenvalue weighted by atomic mass is 16.3. The van der Waals surface area contributed by atoms with Gasteiger partial charge in [0.2, 0.25) is 0 Å². The van der Waals surface area contributed by atoms with E-state index < -0.39 is 0 Å². The second-order valence-corrected chi connectivity index (χ2v) is 2.96. The normalized spacial score (nSPS) is 8.80. The summed E-state index contributed by atoms with van der Waals surface area (Å²) in [6.45, 7) is 10.1. The molecule has 0 aliphatic rings. The summed E-state index contributed by atoms with van der Waals surface area (Å²) in [6.07, 6.45) is 0. The van der Waals surface area contributed by atoms with Crippen LogP contribution in [-0.2, 0) is 0 Å². The van der Waals surface area contributed by atoms with Crippen molar-refractivity contribution in [3.8, 4) is 5.75 Å². The molecule has 15 heavy (non-hydrogen) atoms. The maximum atomic E-state index is 8.63. The van der Waals surface area contributed by atoms with Crippen molar-refractivity contribution in [2.45, 2.75) is 20.8 Å². The van der Waals surface area contributed by atoms with Crippen LogP contribution in [0.5, 0.6) is 5.75 Å². The number of nitrogens with zero attached hydrogens (tertiary/aromatic N) is 1. The summed E-state index contributed by atoms with van der Waals surface area (Å²) in [7, 11) is 0. The molecule has 0 bridgehead atoms. The van der Waals surface area contributed by atoms with E-state index in [0.29, 0.717) is 5.75 Å². The van der Waals surface area contributed by atoms with Crippen molar-refractivity contribution < 1.29 is 10.6 Å². The van der Waals surface area contributed by atoms with Crippen LogP contribution in [0.3, 0.4) is 0 Å². The van der Waals surface area contributed by atoms with Crippen LogP contribution in [0.1, 0.15) is 20.8 Å². The third-order valence-corrected chi connectivity index (χ3v) is 2.10. The Balaban J connectivity index is 0. The van der Waals surface area contributed by atoms with E-state index >= 15 is 0 Å². The molecular formula is C12H23NO2. The zero-order valence-corrected chi connectivity index (χ0v) is 9.90.